The molecule has 0 saturated heterocycles. The van der Waals surface area contributed by atoms with Gasteiger partial charge in [-0.1, -0.05) is 60.7 Å². The Morgan fingerprint density at radius 2 is 1.68 bits per heavy atom. The number of rotatable bonds is 6. The van der Waals surface area contributed by atoms with Gasteiger partial charge >= 0.3 is 0 Å². The first-order chi connectivity index (χ1) is 13.7. The highest BCUT2D eigenvalue weighted by atomic mass is 16.5. The molecule has 0 fully saturated rings. The first-order valence-corrected chi connectivity index (χ1v) is 9.07. The fourth-order valence-electron chi connectivity index (χ4n) is 3.42. The second-order valence-corrected chi connectivity index (χ2v) is 6.74. The Kier molecular flexibility index (Phi) is 4.81. The molecule has 0 spiro atoms. The lowest BCUT2D eigenvalue weighted by Gasteiger charge is -2.10. The van der Waals surface area contributed by atoms with Gasteiger partial charge in [-0.15, -0.1) is 4.91 Å². The molecule has 0 bridgehead atoms. The molecular formula is C23H20N2O3. The predicted molar refractivity (Wildman–Crippen MR) is 110 cm³/mol. The summed E-state index contributed by atoms with van der Waals surface area (Å²) in [5, 5.41) is 14.2. The van der Waals surface area contributed by atoms with Crippen molar-refractivity contribution in [2.45, 2.75) is 20.1 Å². The number of aromatic nitrogens is 1. The molecule has 140 valence electrons. The maximum atomic E-state index is 11.2. The summed E-state index contributed by atoms with van der Waals surface area (Å²) in [7, 11) is 0. The Balaban J connectivity index is 1.57. The maximum Gasteiger partial charge on any atom is 0.222 e. The normalized spacial score (nSPS) is 10.9. The molecule has 0 saturated carbocycles. The molecule has 0 radical (unpaired) electrons. The summed E-state index contributed by atoms with van der Waals surface area (Å²) in [6.07, 6.45) is 0. The third kappa shape index (κ3) is 3.34. The predicted octanol–water partition coefficient (Wildman–Crippen LogP) is 5.68. The lowest BCUT2D eigenvalue weighted by molar-refractivity contribution is 0.306. The van der Waals surface area contributed by atoms with Gasteiger partial charge in [0, 0.05) is 5.39 Å². The number of ether oxygens (including phenoxy) is 1. The van der Waals surface area contributed by atoms with Gasteiger partial charge in [-0.25, -0.2) is 0 Å². The highest BCUT2D eigenvalue weighted by Gasteiger charge is 2.18. The number of aryl methyl sites for hydroxylation is 1. The zero-order chi connectivity index (χ0) is 19.5. The highest BCUT2D eigenvalue weighted by molar-refractivity contribution is 5.96. The summed E-state index contributed by atoms with van der Waals surface area (Å²) in [4.78, 5) is 11.2. The molecule has 0 aliphatic heterocycles. The van der Waals surface area contributed by atoms with E-state index in [0.29, 0.717) is 18.5 Å². The molecular weight excluding hydrogens is 352 g/mol. The van der Waals surface area contributed by atoms with Crippen LogP contribution in [0.2, 0.25) is 0 Å². The number of fused-ring (bicyclic) bond motifs is 1. The Morgan fingerprint density at radius 1 is 0.929 bits per heavy atom. The first kappa shape index (κ1) is 17.8. The van der Waals surface area contributed by atoms with Crippen LogP contribution < -0.4 is 4.74 Å². The fraction of sp³-hybridized carbons (Fsp3) is 0.130. The summed E-state index contributed by atoms with van der Waals surface area (Å²) < 4.78 is 7.54. The molecule has 0 aliphatic carbocycles. The van der Waals surface area contributed by atoms with E-state index in [2.05, 4.69) is 5.18 Å². The Hall–Kier alpha value is -3.60. The van der Waals surface area contributed by atoms with E-state index in [1.54, 1.807) is 10.6 Å². The van der Waals surface area contributed by atoms with Crippen LogP contribution in [0.3, 0.4) is 0 Å². The van der Waals surface area contributed by atoms with Crippen LogP contribution in [0.4, 0.5) is 5.69 Å². The third-order valence-corrected chi connectivity index (χ3v) is 4.83. The summed E-state index contributed by atoms with van der Waals surface area (Å²) in [5.74, 6) is 0.671. The molecule has 0 atom stereocenters. The lowest BCUT2D eigenvalue weighted by Crippen LogP contribution is -2.00. The molecule has 0 amide bonds. The van der Waals surface area contributed by atoms with Crippen molar-refractivity contribution in [3.05, 3.63) is 94.4 Å². The SMILES string of the molecule is Cc1cccc2c(N=O)c(O)n(Cc3ccc(OCc4ccccc4)cc3)c12. The molecule has 5 nitrogen and oxygen atoms in total. The van der Waals surface area contributed by atoms with Gasteiger partial charge in [0.1, 0.15) is 12.4 Å². The number of nitroso groups, excluding NO2 is 1. The van der Waals surface area contributed by atoms with E-state index in [1.807, 2.05) is 73.7 Å². The van der Waals surface area contributed by atoms with Gasteiger partial charge in [-0.2, -0.15) is 0 Å². The van der Waals surface area contributed by atoms with Gasteiger partial charge in [0.2, 0.25) is 5.88 Å². The Labute approximate surface area is 162 Å². The van der Waals surface area contributed by atoms with Gasteiger partial charge < -0.3 is 14.4 Å². The summed E-state index contributed by atoms with van der Waals surface area (Å²) in [6.45, 7) is 2.89. The molecule has 5 heteroatoms. The Bertz CT molecular complexity index is 1120. The van der Waals surface area contributed by atoms with Crippen LogP contribution in [-0.4, -0.2) is 9.67 Å². The van der Waals surface area contributed by atoms with E-state index in [-0.39, 0.29) is 11.6 Å². The molecule has 0 aliphatic rings. The maximum absolute atomic E-state index is 11.2. The van der Waals surface area contributed by atoms with E-state index < -0.39 is 0 Å². The second-order valence-electron chi connectivity index (χ2n) is 6.74. The van der Waals surface area contributed by atoms with Crippen LogP contribution in [0.25, 0.3) is 10.9 Å². The topological polar surface area (TPSA) is 63.8 Å². The molecule has 3 aromatic carbocycles. The van der Waals surface area contributed by atoms with Crippen molar-refractivity contribution >= 4 is 16.6 Å². The van der Waals surface area contributed by atoms with Crippen molar-refractivity contribution in [2.75, 3.05) is 0 Å². The van der Waals surface area contributed by atoms with E-state index in [9.17, 15) is 10.0 Å². The van der Waals surface area contributed by atoms with Gasteiger partial charge in [0.15, 0.2) is 5.69 Å². The van der Waals surface area contributed by atoms with Crippen LogP contribution in [0.15, 0.2) is 78.0 Å². The van der Waals surface area contributed by atoms with Crippen LogP contribution in [-0.2, 0) is 13.2 Å². The minimum absolute atomic E-state index is 0.0847. The monoisotopic (exact) mass is 372 g/mol. The molecule has 1 heterocycles. The van der Waals surface area contributed by atoms with Crippen molar-refractivity contribution in [3.8, 4) is 11.6 Å². The van der Waals surface area contributed by atoms with Crippen LogP contribution in [0.1, 0.15) is 16.7 Å². The number of aromatic hydroxyl groups is 1. The van der Waals surface area contributed by atoms with Gasteiger partial charge in [0.25, 0.3) is 0 Å². The third-order valence-electron chi connectivity index (χ3n) is 4.83. The molecule has 4 aromatic rings. The zero-order valence-electron chi connectivity index (χ0n) is 15.5. The lowest BCUT2D eigenvalue weighted by atomic mass is 10.1. The van der Waals surface area contributed by atoms with E-state index in [0.717, 1.165) is 28.0 Å². The highest BCUT2D eigenvalue weighted by Crippen LogP contribution is 2.40. The Morgan fingerprint density at radius 3 is 2.39 bits per heavy atom. The van der Waals surface area contributed by atoms with Crippen LogP contribution in [0, 0.1) is 11.8 Å². The minimum Gasteiger partial charge on any atom is -0.493 e. The van der Waals surface area contributed by atoms with Crippen molar-refractivity contribution in [1.82, 2.24) is 4.57 Å². The average Bonchev–Trinajstić information content (AvgIpc) is 3.00. The smallest absolute Gasteiger partial charge is 0.222 e. The quantitative estimate of drug-likeness (QED) is 0.443. The van der Waals surface area contributed by atoms with Gasteiger partial charge in [0.05, 0.1) is 12.1 Å². The van der Waals surface area contributed by atoms with E-state index in [1.165, 1.54) is 0 Å². The van der Waals surface area contributed by atoms with Crippen molar-refractivity contribution < 1.29 is 9.84 Å². The number of nitrogens with zero attached hydrogens (tertiary/aromatic N) is 2. The van der Waals surface area contributed by atoms with E-state index in [4.69, 9.17) is 4.74 Å². The van der Waals surface area contributed by atoms with Crippen molar-refractivity contribution in [2.24, 2.45) is 5.18 Å². The zero-order valence-corrected chi connectivity index (χ0v) is 15.5. The number of hydrogen-bond donors (Lipinski definition) is 1. The van der Waals surface area contributed by atoms with E-state index >= 15 is 0 Å². The second kappa shape index (κ2) is 7.56. The number of benzene rings is 3. The first-order valence-electron chi connectivity index (χ1n) is 9.07. The fourth-order valence-corrected chi connectivity index (χ4v) is 3.42. The van der Waals surface area contributed by atoms with Crippen molar-refractivity contribution in [1.29, 1.82) is 0 Å². The minimum atomic E-state index is -0.108. The molecule has 4 rings (SSSR count). The van der Waals surface area contributed by atoms with Crippen molar-refractivity contribution in [3.63, 3.8) is 0 Å². The summed E-state index contributed by atoms with van der Waals surface area (Å²) in [5.41, 5.74) is 3.98. The standard InChI is InChI=1S/C23H20N2O3/c1-16-6-5-9-20-21(24-27)23(26)25(22(16)20)14-17-10-12-19(13-11-17)28-15-18-7-3-2-4-8-18/h2-13,26H,14-15H2,1H3. The molecule has 1 N–H and O–H groups in total. The molecule has 28 heavy (non-hydrogen) atoms. The van der Waals surface area contributed by atoms with Crippen LogP contribution in [0.5, 0.6) is 11.6 Å². The van der Waals surface area contributed by atoms with Gasteiger partial charge in [-0.3, -0.25) is 0 Å². The van der Waals surface area contributed by atoms with Gasteiger partial charge in [-0.05, 0) is 40.9 Å². The average molecular weight is 372 g/mol. The van der Waals surface area contributed by atoms with Crippen LogP contribution >= 0.6 is 0 Å². The number of para-hydroxylation sites is 1. The number of hydrogen-bond acceptors (Lipinski definition) is 4. The summed E-state index contributed by atoms with van der Waals surface area (Å²) >= 11 is 0. The molecule has 0 unspecified atom stereocenters. The largest absolute Gasteiger partial charge is 0.493 e. The molecule has 1 aromatic heterocycles. The summed E-state index contributed by atoms with van der Waals surface area (Å²) in [6, 6.07) is 23.3.